The van der Waals surface area contributed by atoms with Crippen molar-refractivity contribution in [2.24, 2.45) is 0 Å². The lowest BCUT2D eigenvalue weighted by molar-refractivity contribution is -0.0863. The maximum Gasteiger partial charge on any atom is 0.0678 e. The van der Waals surface area contributed by atoms with Crippen LogP contribution in [-0.2, 0) is 11.2 Å². The van der Waals surface area contributed by atoms with Crippen molar-refractivity contribution in [2.75, 3.05) is 32.7 Å². The van der Waals surface area contributed by atoms with Crippen LogP contribution in [0.4, 0.5) is 0 Å². The Morgan fingerprint density at radius 3 is 2.27 bits per heavy atom. The minimum absolute atomic E-state index is 0.389. The van der Waals surface area contributed by atoms with Gasteiger partial charge in [-0.3, -0.25) is 4.90 Å². The molecule has 2 aliphatic heterocycles. The number of benzene rings is 1. The predicted octanol–water partition coefficient (Wildman–Crippen LogP) is 2.80. The molecule has 1 aromatic rings. The Hall–Kier alpha value is -0.900. The average Bonchev–Trinajstić information content (AvgIpc) is 2.53. The highest BCUT2D eigenvalue weighted by Gasteiger charge is 2.30. The molecule has 0 unspecified atom stereocenters. The molecule has 3 nitrogen and oxygen atoms in total. The van der Waals surface area contributed by atoms with Gasteiger partial charge in [0.2, 0.25) is 0 Å². The quantitative estimate of drug-likeness (QED) is 0.850. The molecule has 2 aliphatic rings. The molecule has 3 rings (SSSR count). The van der Waals surface area contributed by atoms with Crippen LogP contribution in [0.1, 0.15) is 32.3 Å². The van der Waals surface area contributed by atoms with E-state index in [1.165, 1.54) is 44.5 Å². The number of hydrogen-bond acceptors (Lipinski definition) is 3. The maximum absolute atomic E-state index is 5.86. The van der Waals surface area contributed by atoms with Gasteiger partial charge in [-0.1, -0.05) is 30.3 Å². The van der Waals surface area contributed by atoms with Gasteiger partial charge < -0.3 is 9.64 Å². The van der Waals surface area contributed by atoms with E-state index in [-0.39, 0.29) is 0 Å². The van der Waals surface area contributed by atoms with E-state index >= 15 is 0 Å². The van der Waals surface area contributed by atoms with E-state index in [1.54, 1.807) is 0 Å². The molecule has 0 aliphatic carbocycles. The fraction of sp³-hybridized carbons (Fsp3) is 0.684. The SMILES string of the molecule is C[C@H]1CN(C2CCN(CCc3ccccc3)CC2)C[C@H](C)O1. The number of piperidine rings is 1. The molecule has 0 N–H and O–H groups in total. The summed E-state index contributed by atoms with van der Waals surface area (Å²) in [4.78, 5) is 5.31. The molecule has 0 radical (unpaired) electrons. The van der Waals surface area contributed by atoms with Gasteiger partial charge in [0.1, 0.15) is 0 Å². The number of nitrogens with zero attached hydrogens (tertiary/aromatic N) is 2. The normalized spacial score (nSPS) is 28.8. The third-order valence-corrected chi connectivity index (χ3v) is 5.08. The van der Waals surface area contributed by atoms with E-state index in [2.05, 4.69) is 54.0 Å². The Labute approximate surface area is 135 Å². The molecule has 0 amide bonds. The van der Waals surface area contributed by atoms with Gasteiger partial charge in [0, 0.05) is 25.7 Å². The number of hydrogen-bond donors (Lipinski definition) is 0. The summed E-state index contributed by atoms with van der Waals surface area (Å²) < 4.78 is 5.86. The highest BCUT2D eigenvalue weighted by molar-refractivity contribution is 5.14. The van der Waals surface area contributed by atoms with Crippen molar-refractivity contribution in [1.29, 1.82) is 0 Å². The van der Waals surface area contributed by atoms with Crippen molar-refractivity contribution in [3.05, 3.63) is 35.9 Å². The highest BCUT2D eigenvalue weighted by Crippen LogP contribution is 2.21. The predicted molar refractivity (Wildman–Crippen MR) is 91.2 cm³/mol. The van der Waals surface area contributed by atoms with Gasteiger partial charge in [-0.2, -0.15) is 0 Å². The summed E-state index contributed by atoms with van der Waals surface area (Å²) in [5.41, 5.74) is 1.46. The van der Waals surface area contributed by atoms with Crippen molar-refractivity contribution in [3.8, 4) is 0 Å². The van der Waals surface area contributed by atoms with Crippen molar-refractivity contribution in [2.45, 2.75) is 51.4 Å². The molecule has 2 atom stereocenters. The minimum Gasteiger partial charge on any atom is -0.373 e. The van der Waals surface area contributed by atoms with Crippen molar-refractivity contribution >= 4 is 0 Å². The van der Waals surface area contributed by atoms with Crippen LogP contribution < -0.4 is 0 Å². The average molecular weight is 302 g/mol. The molecule has 0 saturated carbocycles. The molecule has 122 valence electrons. The van der Waals surface area contributed by atoms with Gasteiger partial charge in [-0.05, 0) is 51.8 Å². The molecule has 2 fully saturated rings. The van der Waals surface area contributed by atoms with Crippen molar-refractivity contribution < 1.29 is 4.74 Å². The molecule has 2 heterocycles. The van der Waals surface area contributed by atoms with Gasteiger partial charge in [-0.15, -0.1) is 0 Å². The van der Waals surface area contributed by atoms with Crippen LogP contribution in [0.2, 0.25) is 0 Å². The number of morpholine rings is 1. The van der Waals surface area contributed by atoms with Crippen LogP contribution in [0.3, 0.4) is 0 Å². The maximum atomic E-state index is 5.86. The second-order valence-corrected chi connectivity index (χ2v) is 7.02. The lowest BCUT2D eigenvalue weighted by Crippen LogP contribution is -2.53. The molecule has 0 aromatic heterocycles. The zero-order valence-electron chi connectivity index (χ0n) is 14.1. The molecular formula is C19H30N2O. The Morgan fingerprint density at radius 1 is 1.00 bits per heavy atom. The monoisotopic (exact) mass is 302 g/mol. The smallest absolute Gasteiger partial charge is 0.0678 e. The van der Waals surface area contributed by atoms with E-state index < -0.39 is 0 Å². The van der Waals surface area contributed by atoms with Gasteiger partial charge in [0.05, 0.1) is 12.2 Å². The summed E-state index contributed by atoms with van der Waals surface area (Å²) in [7, 11) is 0. The van der Waals surface area contributed by atoms with Gasteiger partial charge in [-0.25, -0.2) is 0 Å². The molecule has 0 bridgehead atoms. The van der Waals surface area contributed by atoms with Crippen LogP contribution >= 0.6 is 0 Å². The largest absolute Gasteiger partial charge is 0.373 e. The van der Waals surface area contributed by atoms with Crippen LogP contribution in [0.15, 0.2) is 30.3 Å². The molecular weight excluding hydrogens is 272 g/mol. The standard InChI is InChI=1S/C19H30N2O/c1-16-14-21(15-17(2)22-16)19-9-12-20(13-10-19)11-8-18-6-4-3-5-7-18/h3-7,16-17,19H,8-15H2,1-2H3/t16-,17-/m0/s1. The highest BCUT2D eigenvalue weighted by atomic mass is 16.5. The summed E-state index contributed by atoms with van der Waals surface area (Å²) in [6.07, 6.45) is 4.58. The molecule has 1 aromatic carbocycles. The zero-order valence-corrected chi connectivity index (χ0v) is 14.1. The fourth-order valence-electron chi connectivity index (χ4n) is 3.96. The first-order chi connectivity index (χ1) is 10.7. The van der Waals surface area contributed by atoms with Crippen LogP contribution in [0, 0.1) is 0 Å². The Bertz CT molecular complexity index is 432. The summed E-state index contributed by atoms with van der Waals surface area (Å²) >= 11 is 0. The van der Waals surface area contributed by atoms with E-state index in [1.807, 2.05) is 0 Å². The first-order valence-electron chi connectivity index (χ1n) is 8.86. The topological polar surface area (TPSA) is 15.7 Å². The van der Waals surface area contributed by atoms with Gasteiger partial charge in [0.25, 0.3) is 0 Å². The van der Waals surface area contributed by atoms with E-state index in [0.717, 1.165) is 19.1 Å². The number of rotatable bonds is 4. The summed E-state index contributed by atoms with van der Waals surface area (Å²) in [6, 6.07) is 11.6. The van der Waals surface area contributed by atoms with Crippen molar-refractivity contribution in [3.63, 3.8) is 0 Å². The first-order valence-corrected chi connectivity index (χ1v) is 8.86. The summed E-state index contributed by atoms with van der Waals surface area (Å²) in [5, 5.41) is 0. The van der Waals surface area contributed by atoms with E-state index in [4.69, 9.17) is 4.74 Å². The zero-order chi connectivity index (χ0) is 15.4. The fourth-order valence-corrected chi connectivity index (χ4v) is 3.96. The molecule has 0 spiro atoms. The van der Waals surface area contributed by atoms with Crippen molar-refractivity contribution in [1.82, 2.24) is 9.80 Å². The molecule has 3 heteroatoms. The second kappa shape index (κ2) is 7.58. The third-order valence-electron chi connectivity index (χ3n) is 5.08. The Balaban J connectivity index is 1.42. The first kappa shape index (κ1) is 16.0. The Kier molecular flexibility index (Phi) is 5.51. The minimum atomic E-state index is 0.389. The van der Waals surface area contributed by atoms with Crippen LogP contribution in [0.5, 0.6) is 0 Å². The van der Waals surface area contributed by atoms with E-state index in [9.17, 15) is 0 Å². The molecule has 22 heavy (non-hydrogen) atoms. The molecule has 2 saturated heterocycles. The van der Waals surface area contributed by atoms with Gasteiger partial charge >= 0.3 is 0 Å². The lowest BCUT2D eigenvalue weighted by atomic mass is 10.0. The van der Waals surface area contributed by atoms with Gasteiger partial charge in [0.15, 0.2) is 0 Å². The third kappa shape index (κ3) is 4.31. The number of likely N-dealkylation sites (tertiary alicyclic amines) is 1. The Morgan fingerprint density at radius 2 is 1.64 bits per heavy atom. The van der Waals surface area contributed by atoms with Crippen LogP contribution in [-0.4, -0.2) is 60.8 Å². The number of ether oxygens (including phenoxy) is 1. The summed E-state index contributed by atoms with van der Waals surface area (Å²) in [6.45, 7) is 10.3. The van der Waals surface area contributed by atoms with E-state index in [0.29, 0.717) is 12.2 Å². The lowest BCUT2D eigenvalue weighted by Gasteiger charge is -2.43. The summed E-state index contributed by atoms with van der Waals surface area (Å²) in [5.74, 6) is 0. The van der Waals surface area contributed by atoms with Crippen LogP contribution in [0.25, 0.3) is 0 Å². The second-order valence-electron chi connectivity index (χ2n) is 7.02.